The Bertz CT molecular complexity index is 893. The fraction of sp³-hybridized carbons (Fsp3) is 0.143. The molecule has 1 aromatic heterocycles. The number of aliphatic carboxylic acids is 1. The van der Waals surface area contributed by atoms with Crippen molar-refractivity contribution in [1.29, 1.82) is 0 Å². The van der Waals surface area contributed by atoms with Gasteiger partial charge in [-0.2, -0.15) is 0 Å². The number of hydrogen-bond donors (Lipinski definition) is 3. The first kappa shape index (κ1) is 18.4. The van der Waals surface area contributed by atoms with Crippen molar-refractivity contribution in [3.8, 4) is 0 Å². The number of sulfonamides is 1. The molecule has 1 aromatic carbocycles. The van der Waals surface area contributed by atoms with Gasteiger partial charge in [-0.1, -0.05) is 41.9 Å². The van der Waals surface area contributed by atoms with Crippen molar-refractivity contribution in [3.05, 3.63) is 51.4 Å². The minimum atomic E-state index is -4.03. The van der Waals surface area contributed by atoms with Crippen LogP contribution >= 0.6 is 22.9 Å². The van der Waals surface area contributed by atoms with Gasteiger partial charge in [-0.3, -0.25) is 4.79 Å². The van der Waals surface area contributed by atoms with Crippen molar-refractivity contribution in [3.63, 3.8) is 0 Å². The van der Waals surface area contributed by atoms with Crippen molar-refractivity contribution in [2.24, 2.45) is 5.14 Å². The van der Waals surface area contributed by atoms with E-state index in [0.29, 0.717) is 16.9 Å². The first-order chi connectivity index (χ1) is 11.1. The summed E-state index contributed by atoms with van der Waals surface area (Å²) in [5.41, 5.74) is 0.523. The minimum absolute atomic E-state index is 0.0706. The third-order valence-corrected chi connectivity index (χ3v) is 6.59. The lowest BCUT2D eigenvalue weighted by atomic mass is 10.1. The second-order valence-corrected chi connectivity index (χ2v) is 8.01. The van der Waals surface area contributed by atoms with E-state index in [0.717, 1.165) is 0 Å². The number of hydrogen-bond acceptors (Lipinski definition) is 5. The molecule has 1 unspecified atom stereocenters. The van der Waals surface area contributed by atoms with Crippen molar-refractivity contribution in [2.75, 3.05) is 0 Å². The number of thiophene rings is 1. The molecule has 7 nitrogen and oxygen atoms in total. The molecule has 4 N–H and O–H groups in total. The van der Waals surface area contributed by atoms with Crippen LogP contribution in [-0.4, -0.2) is 25.4 Å². The molecule has 1 heterocycles. The van der Waals surface area contributed by atoms with Crippen molar-refractivity contribution in [1.82, 2.24) is 5.32 Å². The molecule has 10 heteroatoms. The molecule has 0 aliphatic carbocycles. The maximum Gasteiger partial charge on any atom is 0.330 e. The summed E-state index contributed by atoms with van der Waals surface area (Å²) in [7, 11) is -4.03. The lowest BCUT2D eigenvalue weighted by Gasteiger charge is -2.14. The van der Waals surface area contributed by atoms with Crippen LogP contribution in [0.1, 0.15) is 26.8 Å². The zero-order chi connectivity index (χ0) is 18.1. The lowest BCUT2D eigenvalue weighted by molar-refractivity contribution is -0.139. The molecule has 0 radical (unpaired) electrons. The van der Waals surface area contributed by atoms with Gasteiger partial charge in [0.05, 0.1) is 5.02 Å². The van der Waals surface area contributed by atoms with E-state index in [1.165, 1.54) is 6.92 Å². The number of carbonyl (C=O) groups is 2. The number of carbonyl (C=O) groups excluding carboxylic acids is 1. The van der Waals surface area contributed by atoms with Gasteiger partial charge >= 0.3 is 5.97 Å². The van der Waals surface area contributed by atoms with Crippen LogP contribution in [0, 0.1) is 6.92 Å². The SMILES string of the molecule is Cc1c(S(N)(=O)=O)sc(C(=O)NC(C(=O)O)c2ccccc2)c1Cl. The number of nitrogens with two attached hydrogens (primary N) is 1. The standard InChI is InChI=1S/C14H13ClN2O5S2/c1-7-9(15)11(23-14(7)24(16,21)22)12(18)17-10(13(19)20)8-5-3-2-4-6-8/h2-6,10H,1H3,(H,17,18)(H,19,20)(H2,16,21,22). The smallest absolute Gasteiger partial charge is 0.330 e. The summed E-state index contributed by atoms with van der Waals surface area (Å²) in [5, 5.41) is 16.7. The highest BCUT2D eigenvalue weighted by molar-refractivity contribution is 7.91. The Morgan fingerprint density at radius 1 is 1.29 bits per heavy atom. The number of nitrogens with one attached hydrogen (secondary N) is 1. The molecule has 0 fully saturated rings. The predicted octanol–water partition coefficient (Wildman–Crippen LogP) is 1.91. The minimum Gasteiger partial charge on any atom is -0.479 e. The molecule has 1 atom stereocenters. The van der Waals surface area contributed by atoms with Crippen molar-refractivity contribution >= 4 is 44.8 Å². The highest BCUT2D eigenvalue weighted by Gasteiger charge is 2.28. The highest BCUT2D eigenvalue weighted by atomic mass is 35.5. The average Bonchev–Trinajstić information content (AvgIpc) is 2.81. The van der Waals surface area contributed by atoms with E-state index in [4.69, 9.17) is 16.7 Å². The second kappa shape index (κ2) is 6.89. The quantitative estimate of drug-likeness (QED) is 0.721. The number of primary sulfonamides is 1. The molecule has 1 amide bonds. The Hall–Kier alpha value is -1.94. The number of rotatable bonds is 5. The highest BCUT2D eigenvalue weighted by Crippen LogP contribution is 2.35. The monoisotopic (exact) mass is 388 g/mol. The fourth-order valence-corrected chi connectivity index (χ4v) is 4.51. The number of carboxylic acid groups (broad SMARTS) is 1. The molecule has 0 aliphatic heterocycles. The normalized spacial score (nSPS) is 12.6. The molecule has 24 heavy (non-hydrogen) atoms. The Balaban J connectivity index is 2.37. The number of halogens is 1. The first-order valence-corrected chi connectivity index (χ1v) is 9.27. The molecular formula is C14H13ClN2O5S2. The average molecular weight is 389 g/mol. The second-order valence-electron chi connectivity index (χ2n) is 4.86. The zero-order valence-corrected chi connectivity index (χ0v) is 14.7. The molecule has 0 bridgehead atoms. The number of carboxylic acids is 1. The fourth-order valence-electron chi connectivity index (χ4n) is 2.02. The van der Waals surface area contributed by atoms with Gasteiger partial charge in [-0.15, -0.1) is 11.3 Å². The van der Waals surface area contributed by atoms with Gasteiger partial charge in [0.15, 0.2) is 6.04 Å². The van der Waals surface area contributed by atoms with Gasteiger partial charge in [-0.25, -0.2) is 18.4 Å². The van der Waals surface area contributed by atoms with Crippen LogP contribution in [0.3, 0.4) is 0 Å². The first-order valence-electron chi connectivity index (χ1n) is 6.53. The van der Waals surface area contributed by atoms with Gasteiger partial charge in [0, 0.05) is 0 Å². The number of benzene rings is 1. The third-order valence-electron chi connectivity index (χ3n) is 3.15. The lowest BCUT2D eigenvalue weighted by Crippen LogP contribution is -2.33. The van der Waals surface area contributed by atoms with Crippen molar-refractivity contribution in [2.45, 2.75) is 17.2 Å². The Morgan fingerprint density at radius 3 is 2.33 bits per heavy atom. The molecule has 2 rings (SSSR count). The van der Waals surface area contributed by atoms with E-state index in [1.54, 1.807) is 30.3 Å². The van der Waals surface area contributed by atoms with Crippen LogP contribution in [0.2, 0.25) is 5.02 Å². The van der Waals surface area contributed by atoms with Crippen LogP contribution in [0.5, 0.6) is 0 Å². The van der Waals surface area contributed by atoms with Crippen LogP contribution in [0.4, 0.5) is 0 Å². The Labute approximate surface area is 147 Å². The molecule has 128 valence electrons. The third kappa shape index (κ3) is 3.75. The molecule has 0 aliphatic rings. The predicted molar refractivity (Wildman–Crippen MR) is 89.7 cm³/mol. The van der Waals surface area contributed by atoms with E-state index in [9.17, 15) is 23.1 Å². The maximum absolute atomic E-state index is 12.4. The summed E-state index contributed by atoms with van der Waals surface area (Å²) >= 11 is 6.61. The van der Waals surface area contributed by atoms with E-state index in [1.807, 2.05) is 0 Å². The Morgan fingerprint density at radius 2 is 1.88 bits per heavy atom. The maximum atomic E-state index is 12.4. The largest absolute Gasteiger partial charge is 0.479 e. The van der Waals surface area contributed by atoms with Crippen LogP contribution in [-0.2, 0) is 14.8 Å². The van der Waals surface area contributed by atoms with E-state index in [-0.39, 0.29) is 19.7 Å². The zero-order valence-electron chi connectivity index (χ0n) is 12.3. The van der Waals surface area contributed by atoms with Crippen molar-refractivity contribution < 1.29 is 23.1 Å². The van der Waals surface area contributed by atoms with E-state index in [2.05, 4.69) is 5.32 Å². The van der Waals surface area contributed by atoms with E-state index < -0.39 is 27.9 Å². The molecule has 0 saturated carbocycles. The van der Waals surface area contributed by atoms with Crippen LogP contribution < -0.4 is 10.5 Å². The molecular weight excluding hydrogens is 376 g/mol. The Kier molecular flexibility index (Phi) is 5.29. The molecule has 2 aromatic rings. The van der Waals surface area contributed by atoms with Gasteiger partial charge in [0.25, 0.3) is 5.91 Å². The van der Waals surface area contributed by atoms with Gasteiger partial charge in [0.1, 0.15) is 9.09 Å². The summed E-state index contributed by atoms with van der Waals surface area (Å²) in [6, 6.07) is 6.79. The van der Waals surface area contributed by atoms with Gasteiger partial charge in [0.2, 0.25) is 10.0 Å². The summed E-state index contributed by atoms with van der Waals surface area (Å²) in [4.78, 5) is 23.7. The van der Waals surface area contributed by atoms with Crippen LogP contribution in [0.25, 0.3) is 0 Å². The summed E-state index contributed by atoms with van der Waals surface area (Å²) in [6.07, 6.45) is 0. The van der Waals surface area contributed by atoms with Crippen LogP contribution in [0.15, 0.2) is 34.5 Å². The van der Waals surface area contributed by atoms with Gasteiger partial charge < -0.3 is 10.4 Å². The summed E-state index contributed by atoms with van der Waals surface area (Å²) in [5.74, 6) is -2.05. The molecule has 0 spiro atoms. The summed E-state index contributed by atoms with van der Waals surface area (Å²) in [6.45, 7) is 1.42. The topological polar surface area (TPSA) is 127 Å². The number of amides is 1. The molecule has 0 saturated heterocycles. The van der Waals surface area contributed by atoms with E-state index >= 15 is 0 Å². The van der Waals surface area contributed by atoms with Gasteiger partial charge in [-0.05, 0) is 18.1 Å². The summed E-state index contributed by atoms with van der Waals surface area (Å²) < 4.78 is 22.8.